The van der Waals surface area contributed by atoms with E-state index >= 15 is 0 Å². The summed E-state index contributed by atoms with van der Waals surface area (Å²) in [5.74, 6) is 0.444. The molecule has 0 spiro atoms. The Hall–Kier alpha value is -3.49. The van der Waals surface area contributed by atoms with Crippen molar-refractivity contribution < 1.29 is 31.9 Å². The maximum atomic E-state index is 12.6. The van der Waals surface area contributed by atoms with Gasteiger partial charge in [-0.15, -0.1) is 0 Å². The Balaban J connectivity index is 1.77. The van der Waals surface area contributed by atoms with E-state index in [1.54, 1.807) is 18.2 Å². The van der Waals surface area contributed by atoms with E-state index in [0.29, 0.717) is 22.7 Å². The fourth-order valence-corrected chi connectivity index (χ4v) is 2.39. The summed E-state index contributed by atoms with van der Waals surface area (Å²) < 4.78 is 53.4. The van der Waals surface area contributed by atoms with E-state index in [2.05, 4.69) is 10.3 Å². The number of nitrogens with one attached hydrogen (secondary N) is 1. The third-order valence-corrected chi connectivity index (χ3v) is 3.81. The molecule has 0 bridgehead atoms. The summed E-state index contributed by atoms with van der Waals surface area (Å²) in [7, 11) is 2.96. The molecule has 0 aliphatic rings. The molecule has 6 nitrogen and oxygen atoms in total. The van der Waals surface area contributed by atoms with Crippen LogP contribution in [0.5, 0.6) is 11.5 Å². The number of amides is 1. The number of anilines is 1. The molecule has 3 rings (SSSR count). The Bertz CT molecular complexity index is 959. The third-order valence-electron chi connectivity index (χ3n) is 3.81. The molecule has 0 aliphatic heterocycles. The Morgan fingerprint density at radius 1 is 1.04 bits per heavy atom. The van der Waals surface area contributed by atoms with Crippen LogP contribution >= 0.6 is 0 Å². The van der Waals surface area contributed by atoms with Crippen molar-refractivity contribution in [2.24, 2.45) is 0 Å². The lowest BCUT2D eigenvalue weighted by atomic mass is 10.1. The van der Waals surface area contributed by atoms with E-state index in [1.165, 1.54) is 26.4 Å². The van der Waals surface area contributed by atoms with Gasteiger partial charge < -0.3 is 19.2 Å². The number of hydrogen-bond donors (Lipinski definition) is 1. The number of aromatic nitrogens is 1. The summed E-state index contributed by atoms with van der Waals surface area (Å²) in [6.45, 7) is 0. The lowest BCUT2D eigenvalue weighted by Gasteiger charge is -2.08. The Labute approximate surface area is 157 Å². The predicted octanol–water partition coefficient (Wildman–Crippen LogP) is 4.63. The van der Waals surface area contributed by atoms with E-state index in [1.807, 2.05) is 0 Å². The largest absolute Gasteiger partial charge is 0.497 e. The molecular formula is C19H15F3N2O4. The molecule has 1 amide bonds. The van der Waals surface area contributed by atoms with E-state index in [9.17, 15) is 18.0 Å². The summed E-state index contributed by atoms with van der Waals surface area (Å²) in [4.78, 5) is 16.4. The number of rotatable bonds is 5. The van der Waals surface area contributed by atoms with Crippen molar-refractivity contribution in [2.45, 2.75) is 6.18 Å². The van der Waals surface area contributed by atoms with Gasteiger partial charge in [0.15, 0.2) is 5.69 Å². The monoisotopic (exact) mass is 392 g/mol. The van der Waals surface area contributed by atoms with Crippen molar-refractivity contribution in [2.75, 3.05) is 19.5 Å². The number of methoxy groups -OCH3 is 2. The summed E-state index contributed by atoms with van der Waals surface area (Å²) in [6, 6.07) is 9.12. The first kappa shape index (κ1) is 19.3. The highest BCUT2D eigenvalue weighted by Gasteiger charge is 2.30. The molecule has 9 heteroatoms. The van der Waals surface area contributed by atoms with Gasteiger partial charge >= 0.3 is 6.18 Å². The van der Waals surface area contributed by atoms with Crippen LogP contribution in [0.25, 0.3) is 11.5 Å². The van der Waals surface area contributed by atoms with Crippen molar-refractivity contribution in [1.82, 2.24) is 4.98 Å². The average molecular weight is 392 g/mol. The van der Waals surface area contributed by atoms with E-state index in [-0.39, 0.29) is 11.6 Å². The molecule has 1 heterocycles. The molecule has 0 unspecified atom stereocenters. The van der Waals surface area contributed by atoms with Gasteiger partial charge in [0, 0.05) is 29.4 Å². The molecule has 2 aromatic carbocycles. The van der Waals surface area contributed by atoms with Crippen LogP contribution in [0, 0.1) is 0 Å². The quantitative estimate of drug-likeness (QED) is 0.685. The smallest absolute Gasteiger partial charge is 0.416 e. The van der Waals surface area contributed by atoms with Crippen LogP contribution in [0.3, 0.4) is 0 Å². The summed E-state index contributed by atoms with van der Waals surface area (Å²) in [5, 5.41) is 2.63. The van der Waals surface area contributed by atoms with Crippen molar-refractivity contribution in [3.05, 3.63) is 60.0 Å². The van der Waals surface area contributed by atoms with Crippen molar-refractivity contribution in [3.8, 4) is 23.0 Å². The molecule has 0 radical (unpaired) electrons. The van der Waals surface area contributed by atoms with E-state index < -0.39 is 17.6 Å². The summed E-state index contributed by atoms with van der Waals surface area (Å²) >= 11 is 0. The zero-order valence-corrected chi connectivity index (χ0v) is 14.8. The van der Waals surface area contributed by atoms with Gasteiger partial charge in [0.1, 0.15) is 17.8 Å². The summed E-state index contributed by atoms with van der Waals surface area (Å²) in [6.07, 6.45) is -3.31. The van der Waals surface area contributed by atoms with Gasteiger partial charge in [0.25, 0.3) is 5.91 Å². The molecule has 146 valence electrons. The fourth-order valence-electron chi connectivity index (χ4n) is 2.39. The number of alkyl halides is 3. The maximum absolute atomic E-state index is 12.6. The standard InChI is InChI=1S/C19H15F3N2O4/c1-26-14-7-13(8-15(9-14)27-2)23-17(25)16-10-28-18(24-16)11-3-5-12(6-4-11)19(20,21)22/h3-10H,1-2H3,(H,23,25). The van der Waals surface area contributed by atoms with Gasteiger partial charge in [-0.05, 0) is 24.3 Å². The number of benzene rings is 2. The van der Waals surface area contributed by atoms with Crippen LogP contribution in [-0.4, -0.2) is 25.1 Å². The van der Waals surface area contributed by atoms with Gasteiger partial charge in [-0.25, -0.2) is 4.98 Å². The van der Waals surface area contributed by atoms with E-state index in [4.69, 9.17) is 13.9 Å². The first-order valence-corrected chi connectivity index (χ1v) is 7.97. The molecule has 0 fully saturated rings. The first-order chi connectivity index (χ1) is 13.3. The van der Waals surface area contributed by atoms with Gasteiger partial charge in [-0.3, -0.25) is 4.79 Å². The molecule has 1 N–H and O–H groups in total. The molecule has 0 atom stereocenters. The first-order valence-electron chi connectivity index (χ1n) is 7.97. The zero-order valence-electron chi connectivity index (χ0n) is 14.8. The summed E-state index contributed by atoms with van der Waals surface area (Å²) in [5.41, 5.74) is -0.0835. The fraction of sp³-hybridized carbons (Fsp3) is 0.158. The van der Waals surface area contributed by atoms with Gasteiger partial charge in [-0.1, -0.05) is 0 Å². The highest BCUT2D eigenvalue weighted by atomic mass is 19.4. The molecule has 3 aromatic rings. The SMILES string of the molecule is COc1cc(NC(=O)c2coc(-c3ccc(C(F)(F)F)cc3)n2)cc(OC)c1. The van der Waals surface area contributed by atoms with Gasteiger partial charge in [0.2, 0.25) is 5.89 Å². The van der Waals surface area contributed by atoms with Crippen LogP contribution in [0.2, 0.25) is 0 Å². The number of ether oxygens (including phenoxy) is 2. The number of nitrogens with zero attached hydrogens (tertiary/aromatic N) is 1. The number of oxazole rings is 1. The number of halogens is 3. The number of hydrogen-bond acceptors (Lipinski definition) is 5. The van der Waals surface area contributed by atoms with Crippen molar-refractivity contribution in [3.63, 3.8) is 0 Å². The average Bonchev–Trinajstić information content (AvgIpc) is 3.17. The lowest BCUT2D eigenvalue weighted by molar-refractivity contribution is -0.137. The Morgan fingerprint density at radius 3 is 2.18 bits per heavy atom. The number of carbonyl (C=O) groups excluding carboxylic acids is 1. The second-order valence-corrected chi connectivity index (χ2v) is 5.67. The predicted molar refractivity (Wildman–Crippen MR) is 94.4 cm³/mol. The van der Waals surface area contributed by atoms with Gasteiger partial charge in [-0.2, -0.15) is 13.2 Å². The Morgan fingerprint density at radius 2 is 1.64 bits per heavy atom. The van der Waals surface area contributed by atoms with Crippen LogP contribution < -0.4 is 14.8 Å². The van der Waals surface area contributed by atoms with E-state index in [0.717, 1.165) is 18.4 Å². The van der Waals surface area contributed by atoms with Crippen LogP contribution in [0.1, 0.15) is 16.1 Å². The molecule has 0 aliphatic carbocycles. The maximum Gasteiger partial charge on any atom is 0.416 e. The Kier molecular flexibility index (Phi) is 5.25. The number of carbonyl (C=O) groups is 1. The minimum atomic E-state index is -4.43. The third kappa shape index (κ3) is 4.25. The van der Waals surface area contributed by atoms with Gasteiger partial charge in [0.05, 0.1) is 19.8 Å². The minimum absolute atomic E-state index is 0.0297. The topological polar surface area (TPSA) is 73.6 Å². The van der Waals surface area contributed by atoms with Crippen LogP contribution in [0.4, 0.5) is 18.9 Å². The minimum Gasteiger partial charge on any atom is -0.497 e. The molecule has 0 saturated heterocycles. The molecule has 1 aromatic heterocycles. The van der Waals surface area contributed by atoms with Crippen molar-refractivity contribution >= 4 is 11.6 Å². The highest BCUT2D eigenvalue weighted by Crippen LogP contribution is 2.31. The van der Waals surface area contributed by atoms with Crippen molar-refractivity contribution in [1.29, 1.82) is 0 Å². The normalized spacial score (nSPS) is 11.2. The second kappa shape index (κ2) is 7.63. The molecule has 28 heavy (non-hydrogen) atoms. The van der Waals surface area contributed by atoms with Crippen LogP contribution in [-0.2, 0) is 6.18 Å². The lowest BCUT2D eigenvalue weighted by Crippen LogP contribution is -2.12. The van der Waals surface area contributed by atoms with Crippen LogP contribution in [0.15, 0.2) is 53.1 Å². The highest BCUT2D eigenvalue weighted by molar-refractivity contribution is 6.03. The molecule has 0 saturated carbocycles. The zero-order chi connectivity index (χ0) is 20.3. The molecular weight excluding hydrogens is 377 g/mol. The second-order valence-electron chi connectivity index (χ2n) is 5.67.